The van der Waals surface area contributed by atoms with Crippen LogP contribution in [0.25, 0.3) is 0 Å². The van der Waals surface area contributed by atoms with E-state index in [1.54, 1.807) is 31.4 Å². The van der Waals surface area contributed by atoms with Crippen LogP contribution >= 0.6 is 0 Å². The summed E-state index contributed by atoms with van der Waals surface area (Å²) in [7, 11) is 1.57. The van der Waals surface area contributed by atoms with E-state index >= 15 is 0 Å². The number of ether oxygens (including phenoxy) is 1. The number of amides is 1. The average molecular weight is 275 g/mol. The van der Waals surface area contributed by atoms with E-state index in [2.05, 4.69) is 5.32 Å². The van der Waals surface area contributed by atoms with Crippen molar-refractivity contribution in [1.29, 1.82) is 0 Å². The summed E-state index contributed by atoms with van der Waals surface area (Å²) in [4.78, 5) is 23.0. The Labute approximate surface area is 114 Å². The number of rotatable bonds is 4. The van der Waals surface area contributed by atoms with E-state index in [9.17, 15) is 14.7 Å². The molecule has 0 spiro atoms. The minimum atomic E-state index is -0.695. The van der Waals surface area contributed by atoms with Crippen LogP contribution in [0.3, 0.4) is 0 Å². The first-order valence-corrected chi connectivity index (χ1v) is 5.83. The minimum absolute atomic E-state index is 0.237. The zero-order valence-electron chi connectivity index (χ0n) is 10.8. The molecule has 0 saturated heterocycles. The third-order valence-electron chi connectivity index (χ3n) is 2.67. The normalized spacial score (nSPS) is 10.1. The molecule has 2 aromatic rings. The van der Waals surface area contributed by atoms with Gasteiger partial charge < -0.3 is 19.6 Å². The Bertz CT molecular complexity index is 660. The first-order valence-electron chi connectivity index (χ1n) is 5.83. The molecule has 0 aliphatic carbocycles. The molecule has 0 fully saturated rings. The van der Waals surface area contributed by atoms with Gasteiger partial charge >= 0.3 is 0 Å². The quantitative estimate of drug-likeness (QED) is 0.877. The first-order chi connectivity index (χ1) is 9.61. The van der Waals surface area contributed by atoms with Crippen molar-refractivity contribution in [1.82, 2.24) is 5.32 Å². The highest BCUT2D eigenvalue weighted by molar-refractivity contribution is 5.93. The molecule has 1 heterocycles. The van der Waals surface area contributed by atoms with Crippen molar-refractivity contribution in [3.63, 3.8) is 0 Å². The fourth-order valence-electron chi connectivity index (χ4n) is 1.58. The molecule has 0 atom stereocenters. The number of hydrogen-bond acceptors (Lipinski definition) is 5. The van der Waals surface area contributed by atoms with Crippen LogP contribution in [0.15, 0.2) is 45.8 Å². The maximum Gasteiger partial charge on any atom is 0.291 e. The van der Waals surface area contributed by atoms with Gasteiger partial charge in [0.25, 0.3) is 5.91 Å². The van der Waals surface area contributed by atoms with Gasteiger partial charge in [-0.2, -0.15) is 0 Å². The minimum Gasteiger partial charge on any atom is -0.501 e. The molecule has 0 aliphatic heterocycles. The zero-order valence-corrected chi connectivity index (χ0v) is 10.8. The van der Waals surface area contributed by atoms with Crippen molar-refractivity contribution in [2.75, 3.05) is 7.11 Å². The maximum atomic E-state index is 11.8. The van der Waals surface area contributed by atoms with Crippen molar-refractivity contribution < 1.29 is 19.1 Å². The Morgan fingerprint density at radius 2 is 2.00 bits per heavy atom. The van der Waals surface area contributed by atoms with Gasteiger partial charge in [0.15, 0.2) is 0 Å². The van der Waals surface area contributed by atoms with Crippen molar-refractivity contribution in [3.8, 4) is 11.5 Å². The molecule has 0 radical (unpaired) electrons. The van der Waals surface area contributed by atoms with Gasteiger partial charge in [-0.25, -0.2) is 0 Å². The number of hydrogen-bond donors (Lipinski definition) is 2. The van der Waals surface area contributed by atoms with E-state index in [1.165, 1.54) is 0 Å². The third-order valence-corrected chi connectivity index (χ3v) is 2.67. The van der Waals surface area contributed by atoms with E-state index in [0.29, 0.717) is 5.75 Å². The third kappa shape index (κ3) is 2.97. The number of carbonyl (C=O) groups excluding carboxylic acids is 1. The van der Waals surface area contributed by atoms with Gasteiger partial charge in [-0.3, -0.25) is 9.59 Å². The second-order valence-corrected chi connectivity index (χ2v) is 3.99. The zero-order chi connectivity index (χ0) is 14.5. The van der Waals surface area contributed by atoms with Gasteiger partial charge in [-0.05, 0) is 17.7 Å². The SMILES string of the molecule is COc1ccc(CNC(=O)c2occc(=O)c2O)cc1. The maximum absolute atomic E-state index is 11.8. The topological polar surface area (TPSA) is 88.8 Å². The first kappa shape index (κ1) is 13.7. The lowest BCUT2D eigenvalue weighted by Gasteiger charge is -2.06. The van der Waals surface area contributed by atoms with E-state index in [4.69, 9.17) is 9.15 Å². The van der Waals surface area contributed by atoms with E-state index in [0.717, 1.165) is 17.9 Å². The summed E-state index contributed by atoms with van der Waals surface area (Å²) in [5, 5.41) is 12.0. The number of aromatic hydroxyl groups is 1. The van der Waals surface area contributed by atoms with Crippen LogP contribution in [0.4, 0.5) is 0 Å². The number of carbonyl (C=O) groups is 1. The summed E-state index contributed by atoms with van der Waals surface area (Å²) in [6.45, 7) is 0.237. The van der Waals surface area contributed by atoms with Gasteiger partial charge in [-0.15, -0.1) is 0 Å². The van der Waals surface area contributed by atoms with Crippen LogP contribution in [-0.4, -0.2) is 18.1 Å². The van der Waals surface area contributed by atoms with Crippen molar-refractivity contribution >= 4 is 5.91 Å². The number of benzene rings is 1. The summed E-state index contributed by atoms with van der Waals surface area (Å²) >= 11 is 0. The summed E-state index contributed by atoms with van der Waals surface area (Å²) in [6.07, 6.45) is 1.06. The Morgan fingerprint density at radius 1 is 1.30 bits per heavy atom. The van der Waals surface area contributed by atoms with Crippen LogP contribution in [-0.2, 0) is 6.54 Å². The van der Waals surface area contributed by atoms with Gasteiger partial charge in [-0.1, -0.05) is 12.1 Å². The smallest absolute Gasteiger partial charge is 0.291 e. The lowest BCUT2D eigenvalue weighted by molar-refractivity contribution is 0.0915. The van der Waals surface area contributed by atoms with Crippen molar-refractivity contribution in [2.24, 2.45) is 0 Å². The molecule has 2 N–H and O–H groups in total. The summed E-state index contributed by atoms with van der Waals surface area (Å²) in [5.41, 5.74) is 0.183. The molecule has 0 aliphatic rings. The summed E-state index contributed by atoms with van der Waals surface area (Å²) in [6, 6.07) is 8.15. The molecule has 1 aromatic heterocycles. The second-order valence-electron chi connectivity index (χ2n) is 3.99. The fourth-order valence-corrected chi connectivity index (χ4v) is 1.58. The monoisotopic (exact) mass is 275 g/mol. The molecule has 1 aromatic carbocycles. The highest BCUT2D eigenvalue weighted by Crippen LogP contribution is 2.12. The molecule has 0 bridgehead atoms. The standard InChI is InChI=1S/C14H13NO5/c1-19-10-4-2-9(3-5-10)8-15-14(18)13-12(17)11(16)6-7-20-13/h2-7,17H,8H2,1H3,(H,15,18). The lowest BCUT2D eigenvalue weighted by Crippen LogP contribution is -2.24. The Hall–Kier alpha value is -2.76. The van der Waals surface area contributed by atoms with Crippen LogP contribution in [0.5, 0.6) is 11.5 Å². The number of methoxy groups -OCH3 is 1. The largest absolute Gasteiger partial charge is 0.501 e. The van der Waals surface area contributed by atoms with Crippen LogP contribution in [0.1, 0.15) is 16.1 Å². The molecule has 6 nitrogen and oxygen atoms in total. The highest BCUT2D eigenvalue weighted by Gasteiger charge is 2.16. The van der Waals surface area contributed by atoms with Crippen LogP contribution in [0, 0.1) is 0 Å². The fraction of sp³-hybridized carbons (Fsp3) is 0.143. The van der Waals surface area contributed by atoms with Crippen LogP contribution in [0.2, 0.25) is 0 Å². The molecule has 104 valence electrons. The molecule has 0 unspecified atom stereocenters. The molecular formula is C14H13NO5. The second kappa shape index (κ2) is 5.92. The Kier molecular flexibility index (Phi) is 4.05. The van der Waals surface area contributed by atoms with Gasteiger partial charge in [0.2, 0.25) is 16.9 Å². The molecule has 0 saturated carbocycles. The van der Waals surface area contributed by atoms with E-state index in [-0.39, 0.29) is 6.54 Å². The molecular weight excluding hydrogens is 262 g/mol. The molecule has 2 rings (SSSR count). The molecule has 20 heavy (non-hydrogen) atoms. The molecule has 6 heteroatoms. The van der Waals surface area contributed by atoms with Gasteiger partial charge in [0, 0.05) is 12.6 Å². The lowest BCUT2D eigenvalue weighted by atomic mass is 10.2. The van der Waals surface area contributed by atoms with Crippen molar-refractivity contribution in [2.45, 2.75) is 6.54 Å². The predicted octanol–water partition coefficient (Wildman–Crippen LogP) is 1.28. The predicted molar refractivity (Wildman–Crippen MR) is 70.8 cm³/mol. The average Bonchev–Trinajstić information content (AvgIpc) is 2.48. The Morgan fingerprint density at radius 3 is 2.65 bits per heavy atom. The highest BCUT2D eigenvalue weighted by atomic mass is 16.5. The van der Waals surface area contributed by atoms with Gasteiger partial charge in [0.05, 0.1) is 13.4 Å². The van der Waals surface area contributed by atoms with E-state index < -0.39 is 22.8 Å². The van der Waals surface area contributed by atoms with Crippen LogP contribution < -0.4 is 15.5 Å². The number of nitrogens with one attached hydrogen (secondary N) is 1. The Balaban J connectivity index is 2.04. The summed E-state index contributed by atoms with van der Waals surface area (Å²) < 4.78 is 9.87. The molecule has 1 amide bonds. The van der Waals surface area contributed by atoms with E-state index in [1.807, 2.05) is 0 Å². The summed E-state index contributed by atoms with van der Waals surface area (Å²) in [5.74, 6) is -1.03. The van der Waals surface area contributed by atoms with Crippen molar-refractivity contribution in [3.05, 3.63) is 58.1 Å². The van der Waals surface area contributed by atoms with Gasteiger partial charge in [0.1, 0.15) is 5.75 Å².